The topological polar surface area (TPSA) is 97.8 Å². The Morgan fingerprint density at radius 2 is 2.09 bits per heavy atom. The van der Waals surface area contributed by atoms with Crippen molar-refractivity contribution in [2.75, 3.05) is 19.3 Å². The Labute approximate surface area is 190 Å². The summed E-state index contributed by atoms with van der Waals surface area (Å²) in [6, 6.07) is 11.6. The quantitative estimate of drug-likeness (QED) is 0.241. The number of terminal acetylenes is 1. The van der Waals surface area contributed by atoms with Crippen molar-refractivity contribution in [3.05, 3.63) is 65.9 Å². The smallest absolute Gasteiger partial charge is 0.167 e. The molecule has 8 heteroatoms. The van der Waals surface area contributed by atoms with Gasteiger partial charge in [-0.05, 0) is 50.4 Å². The van der Waals surface area contributed by atoms with Crippen LogP contribution >= 0.6 is 0 Å². The van der Waals surface area contributed by atoms with E-state index in [0.717, 1.165) is 51.0 Å². The van der Waals surface area contributed by atoms with E-state index in [1.807, 2.05) is 66.0 Å². The fourth-order valence-corrected chi connectivity index (χ4v) is 4.28. The van der Waals surface area contributed by atoms with E-state index in [9.17, 15) is 4.79 Å². The molecule has 0 spiro atoms. The minimum atomic E-state index is 0.473. The van der Waals surface area contributed by atoms with Gasteiger partial charge in [0.1, 0.15) is 5.82 Å². The van der Waals surface area contributed by atoms with Crippen LogP contribution < -0.4 is 5.73 Å². The Balaban J connectivity index is 1.64. The summed E-state index contributed by atoms with van der Waals surface area (Å²) in [5, 5.41) is 5.47. The first-order chi connectivity index (χ1) is 16.0. The molecular formula is C25H23N7O. The number of fused-ring (bicyclic) bond motifs is 2. The summed E-state index contributed by atoms with van der Waals surface area (Å²) in [5.74, 6) is 3.50. The van der Waals surface area contributed by atoms with Crippen LogP contribution in [-0.4, -0.2) is 49.1 Å². The van der Waals surface area contributed by atoms with Gasteiger partial charge in [0.2, 0.25) is 0 Å². The van der Waals surface area contributed by atoms with Gasteiger partial charge in [-0.3, -0.25) is 9.69 Å². The number of imidazole rings is 1. The zero-order valence-corrected chi connectivity index (χ0v) is 18.4. The molecule has 2 aromatic carbocycles. The molecule has 164 valence electrons. The Hall–Kier alpha value is -4.35. The first-order valence-electron chi connectivity index (χ1n) is 10.5. The van der Waals surface area contributed by atoms with Crippen LogP contribution in [0.1, 0.15) is 21.9 Å². The molecule has 3 N–H and O–H groups in total. The fourth-order valence-electron chi connectivity index (χ4n) is 4.28. The molecule has 0 bridgehead atoms. The highest BCUT2D eigenvalue weighted by Crippen LogP contribution is 2.31. The second kappa shape index (κ2) is 7.97. The zero-order chi connectivity index (χ0) is 23.1. The van der Waals surface area contributed by atoms with Crippen LogP contribution in [0.15, 0.2) is 48.8 Å². The molecule has 0 aliphatic carbocycles. The van der Waals surface area contributed by atoms with Crippen molar-refractivity contribution in [2.24, 2.45) is 0 Å². The number of carbonyl (C=O) groups is 1. The van der Waals surface area contributed by atoms with E-state index in [1.54, 1.807) is 10.9 Å². The molecule has 0 radical (unpaired) electrons. The molecule has 5 aromatic rings. The van der Waals surface area contributed by atoms with Gasteiger partial charge in [-0.25, -0.2) is 9.67 Å². The number of aromatic nitrogens is 5. The van der Waals surface area contributed by atoms with Crippen LogP contribution in [0.3, 0.4) is 0 Å². The summed E-state index contributed by atoms with van der Waals surface area (Å²) >= 11 is 0. The van der Waals surface area contributed by atoms with Gasteiger partial charge in [0, 0.05) is 23.2 Å². The van der Waals surface area contributed by atoms with E-state index >= 15 is 0 Å². The maximum atomic E-state index is 12.3. The number of H-pyrrole nitrogens is 1. The molecule has 0 saturated carbocycles. The van der Waals surface area contributed by atoms with Crippen molar-refractivity contribution in [1.82, 2.24) is 29.2 Å². The van der Waals surface area contributed by atoms with Gasteiger partial charge in [0.15, 0.2) is 6.29 Å². The number of carbonyl (C=O) groups excluding carboxylic acids is 1. The molecule has 8 nitrogen and oxygen atoms in total. The van der Waals surface area contributed by atoms with Crippen molar-refractivity contribution >= 4 is 33.9 Å². The largest absolute Gasteiger partial charge is 0.399 e. The number of aromatic amines is 1. The van der Waals surface area contributed by atoms with E-state index in [-0.39, 0.29) is 0 Å². The lowest BCUT2D eigenvalue weighted by atomic mass is 10.1. The number of nitrogen functional groups attached to an aromatic ring is 1. The highest BCUT2D eigenvalue weighted by molar-refractivity contribution is 5.96. The Bertz CT molecular complexity index is 1550. The number of hydrogen-bond acceptors (Lipinski definition) is 5. The van der Waals surface area contributed by atoms with Crippen LogP contribution in [0.2, 0.25) is 0 Å². The first kappa shape index (κ1) is 20.5. The van der Waals surface area contributed by atoms with Crippen LogP contribution in [0.4, 0.5) is 5.69 Å². The molecule has 3 aromatic heterocycles. The monoisotopic (exact) mass is 437 g/mol. The third-order valence-corrected chi connectivity index (χ3v) is 5.71. The van der Waals surface area contributed by atoms with Gasteiger partial charge >= 0.3 is 0 Å². The molecule has 0 aliphatic rings. The third-order valence-electron chi connectivity index (χ3n) is 5.71. The predicted octanol–water partition coefficient (Wildman–Crippen LogP) is 3.46. The number of aldehydes is 1. The normalized spacial score (nSPS) is 11.5. The molecule has 0 aliphatic heterocycles. The van der Waals surface area contributed by atoms with Crippen molar-refractivity contribution < 1.29 is 4.79 Å². The van der Waals surface area contributed by atoms with Gasteiger partial charge in [-0.2, -0.15) is 5.10 Å². The second-order valence-electron chi connectivity index (χ2n) is 8.14. The number of nitrogens with two attached hydrogens (primary N) is 1. The number of aryl methyl sites for hydroxylation is 1. The summed E-state index contributed by atoms with van der Waals surface area (Å²) in [7, 11) is 1.93. The fraction of sp³-hybridized carbons (Fsp3) is 0.160. The second-order valence-corrected chi connectivity index (χ2v) is 8.14. The average molecular weight is 438 g/mol. The predicted molar refractivity (Wildman–Crippen MR) is 130 cm³/mol. The van der Waals surface area contributed by atoms with Crippen molar-refractivity contribution in [1.29, 1.82) is 0 Å². The Kier molecular flexibility index (Phi) is 4.96. The number of benzene rings is 2. The molecule has 33 heavy (non-hydrogen) atoms. The van der Waals surface area contributed by atoms with E-state index in [1.165, 1.54) is 0 Å². The molecular weight excluding hydrogens is 414 g/mol. The minimum Gasteiger partial charge on any atom is -0.399 e. The van der Waals surface area contributed by atoms with E-state index in [4.69, 9.17) is 12.2 Å². The highest BCUT2D eigenvalue weighted by Gasteiger charge is 2.20. The first-order valence-corrected chi connectivity index (χ1v) is 10.5. The SMILES string of the molecule is C#CCN(C)Cc1c(C=O)n(-c2cnn(-c3ccc4[nH]c(C)nc4c3)c2)c2ccc(N)cc12. The van der Waals surface area contributed by atoms with Crippen LogP contribution in [0.5, 0.6) is 0 Å². The number of rotatable bonds is 6. The van der Waals surface area contributed by atoms with Crippen molar-refractivity contribution in [2.45, 2.75) is 13.5 Å². The minimum absolute atomic E-state index is 0.473. The van der Waals surface area contributed by atoms with Crippen LogP contribution in [0, 0.1) is 19.3 Å². The van der Waals surface area contributed by atoms with Crippen molar-refractivity contribution in [3.63, 3.8) is 0 Å². The number of nitrogens with one attached hydrogen (secondary N) is 1. The summed E-state index contributed by atoms with van der Waals surface area (Å²) in [4.78, 5) is 22.0. The molecule has 0 saturated heterocycles. The molecule has 0 atom stereocenters. The number of hydrogen-bond donors (Lipinski definition) is 2. The van der Waals surface area contributed by atoms with E-state index < -0.39 is 0 Å². The maximum absolute atomic E-state index is 12.3. The van der Waals surface area contributed by atoms with Gasteiger partial charge in [0.25, 0.3) is 0 Å². The lowest BCUT2D eigenvalue weighted by molar-refractivity contribution is 0.111. The molecule has 5 rings (SSSR count). The maximum Gasteiger partial charge on any atom is 0.167 e. The van der Waals surface area contributed by atoms with Gasteiger partial charge in [-0.1, -0.05) is 5.92 Å². The van der Waals surface area contributed by atoms with Gasteiger partial charge in [-0.15, -0.1) is 6.42 Å². The van der Waals surface area contributed by atoms with Gasteiger partial charge in [0.05, 0.1) is 52.6 Å². The average Bonchev–Trinajstić information content (AvgIpc) is 3.48. The van der Waals surface area contributed by atoms with Crippen LogP contribution in [0.25, 0.3) is 33.3 Å². The summed E-state index contributed by atoms with van der Waals surface area (Å²) in [6.07, 6.45) is 10.0. The number of anilines is 1. The summed E-state index contributed by atoms with van der Waals surface area (Å²) < 4.78 is 3.70. The molecule has 3 heterocycles. The van der Waals surface area contributed by atoms with E-state index in [0.29, 0.717) is 24.5 Å². The third kappa shape index (κ3) is 3.54. The molecule has 0 unspecified atom stereocenters. The summed E-state index contributed by atoms with van der Waals surface area (Å²) in [5.41, 5.74) is 12.5. The summed E-state index contributed by atoms with van der Waals surface area (Å²) in [6.45, 7) is 2.92. The Morgan fingerprint density at radius 1 is 1.24 bits per heavy atom. The lowest BCUT2D eigenvalue weighted by Crippen LogP contribution is -2.18. The molecule has 0 fully saturated rings. The lowest BCUT2D eigenvalue weighted by Gasteiger charge is -2.13. The van der Waals surface area contributed by atoms with Gasteiger partial charge < -0.3 is 15.3 Å². The van der Waals surface area contributed by atoms with Crippen molar-refractivity contribution in [3.8, 4) is 23.7 Å². The standard InChI is InChI=1S/C25H23N7O/c1-4-9-30(3)14-21-20-10-17(26)5-8-24(20)32(25(21)15-33)19-12-27-31(13-19)18-6-7-22-23(11-18)29-16(2)28-22/h1,5-8,10-13,15H,9,14,26H2,2-3H3,(H,28,29). The number of nitrogens with zero attached hydrogens (tertiary/aromatic N) is 5. The van der Waals surface area contributed by atoms with Crippen LogP contribution in [-0.2, 0) is 6.54 Å². The van der Waals surface area contributed by atoms with E-state index in [2.05, 4.69) is 21.0 Å². The Morgan fingerprint density at radius 3 is 2.88 bits per heavy atom. The zero-order valence-electron chi connectivity index (χ0n) is 18.4. The highest BCUT2D eigenvalue weighted by atomic mass is 16.1. The molecule has 0 amide bonds.